The van der Waals surface area contributed by atoms with E-state index < -0.39 is 31.4 Å². The minimum absolute atomic E-state index is 0.0972. The van der Waals surface area contributed by atoms with Crippen molar-refractivity contribution in [3.05, 3.63) is 0 Å². The Morgan fingerprint density at radius 1 is 1.23 bits per heavy atom. The predicted molar refractivity (Wildman–Crippen MR) is 43.4 cm³/mol. The molecule has 0 aromatic rings. The Labute approximate surface area is 76.2 Å². The topological polar surface area (TPSA) is 118 Å². The highest BCUT2D eigenvalue weighted by atomic mass is 32.2. The van der Waals surface area contributed by atoms with E-state index >= 15 is 0 Å². The van der Waals surface area contributed by atoms with E-state index in [0.29, 0.717) is 0 Å². The highest BCUT2D eigenvalue weighted by Crippen LogP contribution is 2.04. The van der Waals surface area contributed by atoms with E-state index in [1.165, 1.54) is 6.92 Å². The third kappa shape index (κ3) is 5.93. The molecule has 0 heterocycles. The Kier molecular flexibility index (Phi) is 4.26. The van der Waals surface area contributed by atoms with Crippen molar-refractivity contribution in [3.63, 3.8) is 0 Å². The van der Waals surface area contributed by atoms with Gasteiger partial charge in [0.15, 0.2) is 5.44 Å². The van der Waals surface area contributed by atoms with Crippen molar-refractivity contribution in [3.8, 4) is 0 Å². The van der Waals surface area contributed by atoms with Crippen molar-refractivity contribution in [2.75, 3.05) is 12.4 Å². The van der Waals surface area contributed by atoms with Crippen LogP contribution in [-0.2, 0) is 25.0 Å². The van der Waals surface area contributed by atoms with Crippen molar-refractivity contribution >= 4 is 20.2 Å². The van der Waals surface area contributed by atoms with Gasteiger partial charge in [-0.1, -0.05) is 0 Å². The highest BCUT2D eigenvalue weighted by Gasteiger charge is 2.28. The SMILES string of the molecule is CCOC(CS(=O)(=O)O)S(=O)(=O)O. The average molecular weight is 234 g/mol. The zero-order valence-electron chi connectivity index (χ0n) is 6.74. The van der Waals surface area contributed by atoms with Crippen molar-refractivity contribution in [2.24, 2.45) is 0 Å². The molecule has 13 heavy (non-hydrogen) atoms. The van der Waals surface area contributed by atoms with Crippen LogP contribution in [0.2, 0.25) is 0 Å². The Morgan fingerprint density at radius 2 is 1.69 bits per heavy atom. The molecule has 0 fully saturated rings. The van der Waals surface area contributed by atoms with Crippen LogP contribution < -0.4 is 0 Å². The molecular formula is C4H10O7S2. The Morgan fingerprint density at radius 3 is 1.92 bits per heavy atom. The van der Waals surface area contributed by atoms with Crippen LogP contribution >= 0.6 is 0 Å². The van der Waals surface area contributed by atoms with Crippen LogP contribution in [0.25, 0.3) is 0 Å². The van der Waals surface area contributed by atoms with Gasteiger partial charge in [0, 0.05) is 6.61 Å². The second-order valence-electron chi connectivity index (χ2n) is 2.15. The first-order chi connectivity index (χ1) is 5.67. The maximum Gasteiger partial charge on any atom is 0.293 e. The van der Waals surface area contributed by atoms with Gasteiger partial charge in [-0.05, 0) is 6.92 Å². The highest BCUT2D eigenvalue weighted by molar-refractivity contribution is 7.90. The van der Waals surface area contributed by atoms with Crippen LogP contribution in [0.5, 0.6) is 0 Å². The molecule has 0 saturated heterocycles. The summed E-state index contributed by atoms with van der Waals surface area (Å²) >= 11 is 0. The smallest absolute Gasteiger partial charge is 0.293 e. The molecule has 0 bridgehead atoms. The molecule has 0 aliphatic rings. The van der Waals surface area contributed by atoms with E-state index in [0.717, 1.165) is 0 Å². The molecule has 0 amide bonds. The Bertz CT molecular complexity index is 339. The second kappa shape index (κ2) is 4.33. The standard InChI is InChI=1S/C4H10O7S2/c1-2-11-4(13(8,9)10)3-12(5,6)7/h4H,2-3H2,1H3,(H,5,6,7)(H,8,9,10). The summed E-state index contributed by atoms with van der Waals surface area (Å²) in [6.07, 6.45) is 0. The van der Waals surface area contributed by atoms with Gasteiger partial charge < -0.3 is 4.74 Å². The molecule has 1 atom stereocenters. The van der Waals surface area contributed by atoms with Gasteiger partial charge in [-0.3, -0.25) is 9.11 Å². The molecular weight excluding hydrogens is 224 g/mol. The lowest BCUT2D eigenvalue weighted by Crippen LogP contribution is -2.31. The maximum absolute atomic E-state index is 10.5. The van der Waals surface area contributed by atoms with E-state index in [4.69, 9.17) is 9.11 Å². The van der Waals surface area contributed by atoms with Crippen molar-refractivity contribution in [1.29, 1.82) is 0 Å². The molecule has 1 unspecified atom stereocenters. The zero-order valence-corrected chi connectivity index (χ0v) is 8.38. The fourth-order valence-electron chi connectivity index (χ4n) is 0.578. The molecule has 7 nitrogen and oxygen atoms in total. The molecule has 0 radical (unpaired) electrons. The lowest BCUT2D eigenvalue weighted by atomic mass is 10.8. The molecule has 0 aromatic carbocycles. The lowest BCUT2D eigenvalue weighted by molar-refractivity contribution is 0.123. The molecule has 2 N–H and O–H groups in total. The number of ether oxygens (including phenoxy) is 1. The van der Waals surface area contributed by atoms with Crippen molar-refractivity contribution in [1.82, 2.24) is 0 Å². The average Bonchev–Trinajstić information content (AvgIpc) is 1.81. The summed E-state index contributed by atoms with van der Waals surface area (Å²) in [6.45, 7) is 1.32. The molecule has 9 heteroatoms. The first-order valence-corrected chi connectivity index (χ1v) is 6.31. The molecule has 0 aromatic heterocycles. The number of hydrogen-bond donors (Lipinski definition) is 2. The fourth-order valence-corrected chi connectivity index (χ4v) is 2.53. The number of rotatable bonds is 5. The largest absolute Gasteiger partial charge is 0.359 e. The van der Waals surface area contributed by atoms with E-state index in [9.17, 15) is 16.8 Å². The summed E-state index contributed by atoms with van der Waals surface area (Å²) in [6, 6.07) is 0. The molecule has 0 saturated carbocycles. The Hall–Kier alpha value is -0.220. The molecule has 0 rings (SSSR count). The monoisotopic (exact) mass is 234 g/mol. The minimum atomic E-state index is -4.62. The normalized spacial score (nSPS) is 15.6. The maximum atomic E-state index is 10.5. The van der Waals surface area contributed by atoms with Gasteiger partial charge in [0.05, 0.1) is 0 Å². The van der Waals surface area contributed by atoms with Crippen LogP contribution in [0.15, 0.2) is 0 Å². The van der Waals surface area contributed by atoms with Gasteiger partial charge in [-0.2, -0.15) is 16.8 Å². The summed E-state index contributed by atoms with van der Waals surface area (Å²) in [7, 11) is -9.11. The minimum Gasteiger partial charge on any atom is -0.359 e. The third-order valence-electron chi connectivity index (χ3n) is 1.03. The van der Waals surface area contributed by atoms with Gasteiger partial charge >= 0.3 is 0 Å². The zero-order chi connectivity index (χ0) is 10.7. The molecule has 0 aliphatic heterocycles. The van der Waals surface area contributed by atoms with Gasteiger partial charge in [0.25, 0.3) is 20.2 Å². The van der Waals surface area contributed by atoms with Crippen molar-refractivity contribution in [2.45, 2.75) is 12.4 Å². The Balaban J connectivity index is 4.66. The van der Waals surface area contributed by atoms with Crippen LogP contribution in [0.1, 0.15) is 6.92 Å². The first-order valence-electron chi connectivity index (χ1n) is 3.20. The van der Waals surface area contributed by atoms with E-state index in [1.807, 2.05) is 0 Å². The molecule has 80 valence electrons. The van der Waals surface area contributed by atoms with E-state index in [2.05, 4.69) is 4.74 Å². The third-order valence-corrected chi connectivity index (χ3v) is 2.93. The first kappa shape index (κ1) is 12.8. The number of hydrogen-bond acceptors (Lipinski definition) is 5. The summed E-state index contributed by atoms with van der Waals surface area (Å²) in [5.41, 5.74) is -1.94. The van der Waals surface area contributed by atoms with Gasteiger partial charge in [0.1, 0.15) is 5.75 Å². The summed E-state index contributed by atoms with van der Waals surface area (Å²) < 4.78 is 62.6. The van der Waals surface area contributed by atoms with Gasteiger partial charge in [0.2, 0.25) is 0 Å². The predicted octanol–water partition coefficient (Wildman–Crippen LogP) is -0.875. The fraction of sp³-hybridized carbons (Fsp3) is 1.00. The van der Waals surface area contributed by atoms with Gasteiger partial charge in [-0.25, -0.2) is 0 Å². The van der Waals surface area contributed by atoms with Crippen molar-refractivity contribution < 1.29 is 30.7 Å². The van der Waals surface area contributed by atoms with Crippen LogP contribution in [-0.4, -0.2) is 43.7 Å². The lowest BCUT2D eigenvalue weighted by Gasteiger charge is -2.11. The van der Waals surface area contributed by atoms with E-state index in [-0.39, 0.29) is 6.61 Å². The van der Waals surface area contributed by atoms with Crippen LogP contribution in [0, 0.1) is 0 Å². The summed E-state index contributed by atoms with van der Waals surface area (Å²) in [4.78, 5) is 0. The van der Waals surface area contributed by atoms with Crippen LogP contribution in [0.4, 0.5) is 0 Å². The van der Waals surface area contributed by atoms with Gasteiger partial charge in [-0.15, -0.1) is 0 Å². The van der Waals surface area contributed by atoms with E-state index in [1.54, 1.807) is 0 Å². The molecule has 0 aliphatic carbocycles. The van der Waals surface area contributed by atoms with Crippen LogP contribution in [0.3, 0.4) is 0 Å². The molecule has 0 spiro atoms. The second-order valence-corrected chi connectivity index (χ2v) is 5.20. The summed E-state index contributed by atoms with van der Waals surface area (Å²) in [5, 5.41) is 0. The summed E-state index contributed by atoms with van der Waals surface area (Å²) in [5.74, 6) is -1.18. The quantitative estimate of drug-likeness (QED) is 0.593.